The van der Waals surface area contributed by atoms with E-state index in [1.54, 1.807) is 9.91 Å². The van der Waals surface area contributed by atoms with Crippen LogP contribution in [-0.2, 0) is 4.74 Å². The first-order valence-corrected chi connectivity index (χ1v) is 5.73. The maximum Gasteiger partial charge on any atom is 0.410 e. The Morgan fingerprint density at radius 1 is 1.47 bits per heavy atom. The fourth-order valence-corrected chi connectivity index (χ4v) is 1.43. The van der Waals surface area contributed by atoms with Crippen molar-refractivity contribution in [2.75, 3.05) is 33.7 Å². The summed E-state index contributed by atoms with van der Waals surface area (Å²) < 4.78 is 5.32. The van der Waals surface area contributed by atoms with Crippen molar-refractivity contribution in [3.8, 4) is 0 Å². The Hall–Kier alpha value is -1.30. The summed E-state index contributed by atoms with van der Waals surface area (Å²) in [4.78, 5) is 17.8. The smallest absolute Gasteiger partial charge is 0.410 e. The van der Waals surface area contributed by atoms with Crippen LogP contribution in [0.15, 0.2) is 4.99 Å². The van der Waals surface area contributed by atoms with Crippen molar-refractivity contribution in [1.29, 1.82) is 0 Å². The van der Waals surface area contributed by atoms with Gasteiger partial charge in [0.05, 0.1) is 13.1 Å². The van der Waals surface area contributed by atoms with Gasteiger partial charge < -0.3 is 10.2 Å². The Bertz CT molecular complexity index is 307. The van der Waals surface area contributed by atoms with Crippen molar-refractivity contribution in [2.45, 2.75) is 26.4 Å². The molecule has 1 aliphatic heterocycles. The molecule has 1 N–H and O–H groups in total. The van der Waals surface area contributed by atoms with Crippen LogP contribution in [0.3, 0.4) is 0 Å². The summed E-state index contributed by atoms with van der Waals surface area (Å²) in [6.45, 7) is 7.27. The quantitative estimate of drug-likeness (QED) is 0.688. The van der Waals surface area contributed by atoms with Crippen molar-refractivity contribution in [1.82, 2.24) is 15.3 Å². The third-order valence-corrected chi connectivity index (χ3v) is 2.02. The van der Waals surface area contributed by atoms with Gasteiger partial charge in [-0.1, -0.05) is 0 Å². The Labute approximate surface area is 103 Å². The van der Waals surface area contributed by atoms with E-state index >= 15 is 0 Å². The molecule has 0 unspecified atom stereocenters. The summed E-state index contributed by atoms with van der Waals surface area (Å²) in [6, 6.07) is 0. The summed E-state index contributed by atoms with van der Waals surface area (Å²) in [7, 11) is 3.77. The summed E-state index contributed by atoms with van der Waals surface area (Å²) in [5.41, 5.74) is 2.61. The third-order valence-electron chi connectivity index (χ3n) is 2.02. The minimum Gasteiger partial charge on any atom is -0.444 e. The van der Waals surface area contributed by atoms with Gasteiger partial charge in [-0.05, 0) is 20.8 Å². The highest BCUT2D eigenvalue weighted by atomic mass is 16.6. The highest BCUT2D eigenvalue weighted by Crippen LogP contribution is 2.10. The molecule has 1 amide bonds. The molecule has 0 fully saturated rings. The molecule has 0 aliphatic carbocycles. The maximum absolute atomic E-state index is 11.9. The first kappa shape index (κ1) is 13.8. The van der Waals surface area contributed by atoms with Crippen LogP contribution >= 0.6 is 0 Å². The number of carbonyl (C=O) groups excluding carboxylic acids is 1. The number of hydrogen-bond acceptors (Lipinski definition) is 5. The zero-order valence-electron chi connectivity index (χ0n) is 11.3. The lowest BCUT2D eigenvalue weighted by Crippen LogP contribution is -2.49. The van der Waals surface area contributed by atoms with Crippen LogP contribution in [0.1, 0.15) is 20.8 Å². The molecule has 0 bridgehead atoms. The van der Waals surface area contributed by atoms with Crippen LogP contribution < -0.4 is 5.43 Å². The van der Waals surface area contributed by atoms with Crippen molar-refractivity contribution < 1.29 is 9.53 Å². The van der Waals surface area contributed by atoms with Crippen LogP contribution in [0.4, 0.5) is 4.79 Å². The molecule has 6 nitrogen and oxygen atoms in total. The predicted molar refractivity (Wildman–Crippen MR) is 66.9 cm³/mol. The number of rotatable bonds is 1. The predicted octanol–water partition coefficient (Wildman–Crippen LogP) is 0.702. The number of hydrazine groups is 1. The number of amides is 1. The Balaban J connectivity index is 2.52. The first-order chi connectivity index (χ1) is 7.78. The van der Waals surface area contributed by atoms with Crippen LogP contribution in [0, 0.1) is 0 Å². The van der Waals surface area contributed by atoms with Gasteiger partial charge in [0, 0.05) is 20.6 Å². The molecule has 0 saturated heterocycles. The van der Waals surface area contributed by atoms with E-state index in [1.807, 2.05) is 34.9 Å². The zero-order chi connectivity index (χ0) is 13.1. The van der Waals surface area contributed by atoms with Gasteiger partial charge in [0.2, 0.25) is 0 Å². The molecule has 0 aromatic rings. The Kier molecular flexibility index (Phi) is 4.34. The minimum absolute atomic E-state index is 0.287. The molecule has 1 aliphatic rings. The SMILES string of the molecule is CN(C)NC1=NCCN(C(=O)OC(C)(C)C)C1. The van der Waals surface area contributed by atoms with Gasteiger partial charge in [-0.25, -0.2) is 9.80 Å². The lowest BCUT2D eigenvalue weighted by molar-refractivity contribution is 0.0274. The highest BCUT2D eigenvalue weighted by molar-refractivity contribution is 5.87. The zero-order valence-corrected chi connectivity index (χ0v) is 11.3. The Morgan fingerprint density at radius 2 is 2.12 bits per heavy atom. The number of aliphatic imine (C=N–C) groups is 1. The maximum atomic E-state index is 11.9. The molecular weight excluding hydrogens is 220 g/mol. The minimum atomic E-state index is -0.458. The molecule has 98 valence electrons. The standard InChI is InChI=1S/C11H22N4O2/c1-11(2,3)17-10(16)15-7-6-12-9(8-15)13-14(4)5/h6-8H2,1-5H3,(H,12,13). The highest BCUT2D eigenvalue weighted by Gasteiger charge is 2.24. The third kappa shape index (κ3) is 5.04. The molecule has 0 aromatic carbocycles. The van der Waals surface area contributed by atoms with Gasteiger partial charge in [-0.3, -0.25) is 9.89 Å². The number of nitrogens with one attached hydrogen (secondary N) is 1. The van der Waals surface area contributed by atoms with E-state index in [0.717, 1.165) is 5.84 Å². The molecule has 0 spiro atoms. The average molecular weight is 242 g/mol. The molecule has 17 heavy (non-hydrogen) atoms. The van der Waals surface area contributed by atoms with Crippen LogP contribution in [0.2, 0.25) is 0 Å². The van der Waals surface area contributed by atoms with Crippen LogP contribution in [0.5, 0.6) is 0 Å². The normalized spacial score (nSPS) is 16.8. The molecule has 0 radical (unpaired) electrons. The lowest BCUT2D eigenvalue weighted by atomic mass is 10.2. The molecule has 6 heteroatoms. The van der Waals surface area contributed by atoms with Gasteiger partial charge in [0.15, 0.2) is 0 Å². The van der Waals surface area contributed by atoms with Gasteiger partial charge in [-0.15, -0.1) is 0 Å². The average Bonchev–Trinajstić information content (AvgIpc) is 2.14. The lowest BCUT2D eigenvalue weighted by Gasteiger charge is -2.30. The first-order valence-electron chi connectivity index (χ1n) is 5.73. The van der Waals surface area contributed by atoms with E-state index in [0.29, 0.717) is 19.6 Å². The molecule has 0 aromatic heterocycles. The van der Waals surface area contributed by atoms with Gasteiger partial charge in [0.25, 0.3) is 0 Å². The van der Waals surface area contributed by atoms with E-state index in [1.165, 1.54) is 0 Å². The molecule has 0 saturated carbocycles. The fourth-order valence-electron chi connectivity index (χ4n) is 1.43. The number of hydrogen-bond donors (Lipinski definition) is 1. The molecular formula is C11H22N4O2. The van der Waals surface area contributed by atoms with Gasteiger partial charge >= 0.3 is 6.09 Å². The molecule has 1 heterocycles. The number of carbonyl (C=O) groups is 1. The van der Waals surface area contributed by atoms with E-state index in [-0.39, 0.29) is 6.09 Å². The van der Waals surface area contributed by atoms with E-state index in [9.17, 15) is 4.79 Å². The molecule has 1 rings (SSSR count). The summed E-state index contributed by atoms with van der Waals surface area (Å²) in [5.74, 6) is 0.784. The van der Waals surface area contributed by atoms with Crippen molar-refractivity contribution >= 4 is 11.9 Å². The number of nitrogens with zero attached hydrogens (tertiary/aromatic N) is 3. The van der Waals surface area contributed by atoms with Crippen molar-refractivity contribution in [3.63, 3.8) is 0 Å². The summed E-state index contributed by atoms with van der Waals surface area (Å²) in [5, 5.41) is 1.80. The Morgan fingerprint density at radius 3 is 2.65 bits per heavy atom. The van der Waals surface area contributed by atoms with Crippen molar-refractivity contribution in [2.24, 2.45) is 4.99 Å². The number of amidine groups is 1. The monoisotopic (exact) mass is 242 g/mol. The van der Waals surface area contributed by atoms with E-state index < -0.39 is 5.60 Å². The van der Waals surface area contributed by atoms with E-state index in [2.05, 4.69) is 10.4 Å². The van der Waals surface area contributed by atoms with Crippen LogP contribution in [-0.4, -0.2) is 61.2 Å². The second kappa shape index (κ2) is 5.35. The summed E-state index contributed by atoms with van der Waals surface area (Å²) >= 11 is 0. The van der Waals surface area contributed by atoms with Gasteiger partial charge in [-0.2, -0.15) is 0 Å². The second-order valence-electron chi connectivity index (χ2n) is 5.24. The van der Waals surface area contributed by atoms with Crippen LogP contribution in [0.25, 0.3) is 0 Å². The molecule has 0 atom stereocenters. The second-order valence-corrected chi connectivity index (χ2v) is 5.24. The largest absolute Gasteiger partial charge is 0.444 e. The number of ether oxygens (including phenoxy) is 1. The fraction of sp³-hybridized carbons (Fsp3) is 0.818. The summed E-state index contributed by atoms with van der Waals surface area (Å²) in [6.07, 6.45) is -0.287. The topological polar surface area (TPSA) is 57.2 Å². The van der Waals surface area contributed by atoms with Crippen molar-refractivity contribution in [3.05, 3.63) is 0 Å². The van der Waals surface area contributed by atoms with Gasteiger partial charge in [0.1, 0.15) is 11.4 Å². The van der Waals surface area contributed by atoms with E-state index in [4.69, 9.17) is 4.74 Å².